The van der Waals surface area contributed by atoms with Crippen LogP contribution in [0.4, 0.5) is 17.2 Å². The van der Waals surface area contributed by atoms with Gasteiger partial charge in [0, 0.05) is 41.4 Å². The summed E-state index contributed by atoms with van der Waals surface area (Å²) in [6.07, 6.45) is 1.61. The van der Waals surface area contributed by atoms with Gasteiger partial charge in [-0.2, -0.15) is 11.4 Å². The molecule has 178 valence electrons. The highest BCUT2D eigenvalue weighted by Gasteiger charge is 2.32. The van der Waals surface area contributed by atoms with Gasteiger partial charge in [0.1, 0.15) is 11.0 Å². The molecule has 0 saturated carbocycles. The second-order valence-corrected chi connectivity index (χ2v) is 11.2. The summed E-state index contributed by atoms with van der Waals surface area (Å²) in [7, 11) is 0. The molecule has 8 nitrogen and oxygen atoms in total. The van der Waals surface area contributed by atoms with E-state index in [2.05, 4.69) is 20.6 Å². The van der Waals surface area contributed by atoms with Gasteiger partial charge in [-0.25, -0.2) is 9.88 Å². The number of amides is 1. The fraction of sp³-hybridized carbons (Fsp3) is 0.280. The summed E-state index contributed by atoms with van der Waals surface area (Å²) in [6, 6.07) is 13.2. The molecule has 0 radical (unpaired) electrons. The number of fused-ring (bicyclic) bond motifs is 1. The predicted molar refractivity (Wildman–Crippen MR) is 139 cm³/mol. The van der Waals surface area contributed by atoms with Crippen molar-refractivity contribution in [3.05, 3.63) is 59.9 Å². The molecule has 0 atom stereocenters. The molecule has 4 rings (SSSR count). The molecule has 0 fully saturated rings. The molecular weight excluding hydrogens is 450 g/mol. The number of benzene rings is 1. The van der Waals surface area contributed by atoms with E-state index in [1.165, 1.54) is 6.92 Å². The number of aromatic amines is 1. The Morgan fingerprint density at radius 1 is 1.18 bits per heavy atom. The van der Waals surface area contributed by atoms with E-state index in [0.29, 0.717) is 29.3 Å². The van der Waals surface area contributed by atoms with Crippen molar-refractivity contribution in [3.8, 4) is 11.3 Å². The molecule has 2 aromatic heterocycles. The number of carbonyl (C=O) groups excluding carboxylic acids is 2. The largest absolute Gasteiger partial charge is 0.355 e. The summed E-state index contributed by atoms with van der Waals surface area (Å²) in [6.45, 7) is 8.00. The molecule has 0 unspecified atom stereocenters. The van der Waals surface area contributed by atoms with Gasteiger partial charge in [-0.1, -0.05) is 39.0 Å². The molecule has 0 bridgehead atoms. The molecule has 1 aliphatic rings. The second-order valence-electron chi connectivity index (χ2n) is 9.19. The molecule has 3 aromatic rings. The maximum Gasteiger partial charge on any atom is 0.222 e. The van der Waals surface area contributed by atoms with Gasteiger partial charge in [0.05, 0.1) is 23.5 Å². The van der Waals surface area contributed by atoms with Crippen LogP contribution >= 0.6 is 11.4 Å². The van der Waals surface area contributed by atoms with Crippen molar-refractivity contribution in [2.45, 2.75) is 39.0 Å². The normalized spacial score (nSPS) is 14.9. The Bertz CT molecular complexity index is 1260. The summed E-state index contributed by atoms with van der Waals surface area (Å²) in [4.78, 5) is 34.2. The first kappa shape index (κ1) is 23.9. The summed E-state index contributed by atoms with van der Waals surface area (Å²) in [5.74, 6) is 0.119. The van der Waals surface area contributed by atoms with Gasteiger partial charge >= 0.3 is 0 Å². The summed E-state index contributed by atoms with van der Waals surface area (Å²) < 4.78 is -0.133. The number of pyridine rings is 1. The number of anilines is 3. The third-order valence-electron chi connectivity index (χ3n) is 5.15. The zero-order valence-corrected chi connectivity index (χ0v) is 20.5. The van der Waals surface area contributed by atoms with E-state index in [-0.39, 0.29) is 28.2 Å². The van der Waals surface area contributed by atoms with E-state index in [4.69, 9.17) is 0 Å². The smallest absolute Gasteiger partial charge is 0.222 e. The van der Waals surface area contributed by atoms with E-state index in [1.807, 2.05) is 57.2 Å². The SMILES string of the molecule is CC(=O)Nc1cc(-c2[nH]c3c(c2Nc2ccccc2)C(=O)CN(C(O)=[SH]C(C)(C)C)C3)ccn1. The van der Waals surface area contributed by atoms with Crippen molar-refractivity contribution in [1.82, 2.24) is 14.9 Å². The highest BCUT2D eigenvalue weighted by molar-refractivity contribution is 7.99. The fourth-order valence-electron chi connectivity index (χ4n) is 3.83. The number of ketones is 1. The number of hydrogen-bond acceptors (Lipinski definition) is 4. The lowest BCUT2D eigenvalue weighted by molar-refractivity contribution is -0.114. The minimum atomic E-state index is -0.215. The van der Waals surface area contributed by atoms with Crippen LogP contribution in [0.2, 0.25) is 0 Å². The molecule has 1 amide bonds. The van der Waals surface area contributed by atoms with Crippen molar-refractivity contribution in [1.29, 1.82) is 0 Å². The van der Waals surface area contributed by atoms with Gasteiger partial charge in [0.15, 0.2) is 5.78 Å². The van der Waals surface area contributed by atoms with Crippen LogP contribution in [0.3, 0.4) is 0 Å². The van der Waals surface area contributed by atoms with Gasteiger partial charge in [-0.3, -0.25) is 9.59 Å². The first-order chi connectivity index (χ1) is 16.1. The molecule has 34 heavy (non-hydrogen) atoms. The molecule has 4 N–H and O–H groups in total. The Balaban J connectivity index is 1.80. The number of H-pyrrole nitrogens is 1. The van der Waals surface area contributed by atoms with Gasteiger partial charge in [-0.15, -0.1) is 0 Å². The van der Waals surface area contributed by atoms with Crippen LogP contribution in [0.15, 0.2) is 48.7 Å². The van der Waals surface area contributed by atoms with E-state index in [0.717, 1.165) is 28.3 Å². The van der Waals surface area contributed by atoms with Gasteiger partial charge in [-0.05, 0) is 24.3 Å². The Hall–Kier alpha value is -3.27. The van der Waals surface area contributed by atoms with Crippen molar-refractivity contribution >= 4 is 45.4 Å². The number of carbonyl (C=O) groups is 2. The van der Waals surface area contributed by atoms with E-state index >= 15 is 0 Å². The lowest BCUT2D eigenvalue weighted by Gasteiger charge is -2.27. The third-order valence-corrected chi connectivity index (χ3v) is 6.31. The highest BCUT2D eigenvalue weighted by Crippen LogP contribution is 2.38. The summed E-state index contributed by atoms with van der Waals surface area (Å²) >= 11 is 0.758. The number of hydrogen-bond donors (Lipinski definition) is 5. The number of aliphatic hydroxyl groups is 1. The van der Waals surface area contributed by atoms with Gasteiger partial charge in [0.2, 0.25) is 5.91 Å². The number of Topliss-reactive ketones (excluding diaryl/α,β-unsaturated/α-hetero) is 1. The first-order valence-corrected chi connectivity index (χ1v) is 11.9. The Morgan fingerprint density at radius 3 is 2.59 bits per heavy atom. The van der Waals surface area contributed by atoms with Crippen LogP contribution in [0, 0.1) is 0 Å². The lowest BCUT2D eigenvalue weighted by Crippen LogP contribution is -2.39. The minimum Gasteiger partial charge on any atom is -0.355 e. The van der Waals surface area contributed by atoms with Gasteiger partial charge < -0.3 is 20.7 Å². The molecule has 0 saturated heterocycles. The highest BCUT2D eigenvalue weighted by atomic mass is 32.1. The number of nitrogens with zero attached hydrogens (tertiary/aromatic N) is 2. The average molecular weight is 480 g/mol. The summed E-state index contributed by atoms with van der Waals surface area (Å²) in [5.41, 5.74) is 4.29. The number of nitrogens with one attached hydrogen (secondary N) is 3. The molecule has 3 heterocycles. The minimum absolute atomic E-state index is 0.0889. The third kappa shape index (κ3) is 5.44. The van der Waals surface area contributed by atoms with Crippen LogP contribution in [0.25, 0.3) is 11.3 Å². The van der Waals surface area contributed by atoms with E-state index in [1.54, 1.807) is 17.2 Å². The average Bonchev–Trinajstić information content (AvgIpc) is 3.12. The standard InChI is InChI=1S/C25H29N5O3S/c1-15(31)27-20-12-16(10-11-26-20)22-23(28-17-8-6-5-7-9-17)21-18(29-22)13-30(14-19(21)32)24(33)34-25(2,3)4/h5-12,28-29,33-34H,13-14H2,1-4H3,(H,26,27,31). The molecule has 0 aliphatic carbocycles. The number of aromatic nitrogens is 2. The zero-order valence-electron chi connectivity index (χ0n) is 19.6. The maximum atomic E-state index is 13.3. The van der Waals surface area contributed by atoms with Crippen molar-refractivity contribution in [2.24, 2.45) is 0 Å². The predicted octanol–water partition coefficient (Wildman–Crippen LogP) is 4.69. The van der Waals surface area contributed by atoms with E-state index in [9.17, 15) is 14.7 Å². The van der Waals surface area contributed by atoms with Gasteiger partial charge in [0.25, 0.3) is 0 Å². The molecule has 0 spiro atoms. The number of aliphatic hydroxyl groups excluding tert-OH is 1. The lowest BCUT2D eigenvalue weighted by atomic mass is 10.0. The van der Waals surface area contributed by atoms with Crippen LogP contribution in [0.5, 0.6) is 0 Å². The van der Waals surface area contributed by atoms with Crippen molar-refractivity contribution < 1.29 is 14.7 Å². The Kier molecular flexibility index (Phi) is 6.70. The number of rotatable bonds is 4. The van der Waals surface area contributed by atoms with Crippen molar-refractivity contribution in [3.63, 3.8) is 0 Å². The monoisotopic (exact) mass is 479 g/mol. The molecule has 1 aliphatic heterocycles. The second kappa shape index (κ2) is 9.54. The Morgan fingerprint density at radius 2 is 1.91 bits per heavy atom. The maximum absolute atomic E-state index is 13.3. The van der Waals surface area contributed by atoms with Crippen LogP contribution in [-0.4, -0.2) is 48.1 Å². The molecule has 1 aromatic carbocycles. The van der Waals surface area contributed by atoms with E-state index < -0.39 is 0 Å². The van der Waals surface area contributed by atoms with Crippen LogP contribution in [0.1, 0.15) is 43.7 Å². The number of thiol groups is 1. The molecular formula is C25H29N5O3S. The quantitative estimate of drug-likeness (QED) is 0.274. The van der Waals surface area contributed by atoms with Crippen molar-refractivity contribution in [2.75, 3.05) is 17.2 Å². The first-order valence-electron chi connectivity index (χ1n) is 11.0. The number of para-hydroxylation sites is 1. The van der Waals surface area contributed by atoms with Crippen LogP contribution < -0.4 is 10.6 Å². The molecule has 9 heteroatoms. The Labute approximate surface area is 202 Å². The zero-order chi connectivity index (χ0) is 24.5. The van der Waals surface area contributed by atoms with Crippen LogP contribution in [-0.2, 0) is 11.3 Å². The topological polar surface area (TPSA) is 110 Å². The fourth-order valence-corrected chi connectivity index (χ4v) is 4.71. The summed E-state index contributed by atoms with van der Waals surface area (Å²) in [5, 5.41) is 17.0.